The molecule has 178 valence electrons. The number of carboxylic acids is 1. The number of nitrogens with one attached hydrogen (secondary N) is 1. The summed E-state index contributed by atoms with van der Waals surface area (Å²) in [5.74, 6) is -1.71. The number of hydrogen-bond acceptors (Lipinski definition) is 3. The number of pyridine rings is 1. The predicted molar refractivity (Wildman–Crippen MR) is 124 cm³/mol. The van der Waals surface area contributed by atoms with Crippen LogP contribution >= 0.6 is 0 Å². The normalized spacial score (nSPS) is 11.4. The molecule has 0 spiro atoms. The zero-order chi connectivity index (χ0) is 25.2. The number of nitrogens with zero attached hydrogens (tertiary/aromatic N) is 1. The molecule has 1 amide bonds. The molecule has 9 heteroatoms. The third kappa shape index (κ3) is 5.08. The second-order valence-electron chi connectivity index (χ2n) is 7.81. The fourth-order valence-electron chi connectivity index (χ4n) is 3.73. The number of para-hydroxylation sites is 1. The van der Waals surface area contributed by atoms with Gasteiger partial charge in [0.05, 0.1) is 16.6 Å². The smallest absolute Gasteiger partial charge is 0.416 e. The Balaban J connectivity index is 1.65. The maximum absolute atomic E-state index is 13.3. The summed E-state index contributed by atoms with van der Waals surface area (Å²) in [4.78, 5) is 37.1. The first-order chi connectivity index (χ1) is 16.6. The van der Waals surface area contributed by atoms with Gasteiger partial charge in [0.1, 0.15) is 5.56 Å². The van der Waals surface area contributed by atoms with Crippen LogP contribution in [-0.2, 0) is 12.6 Å². The van der Waals surface area contributed by atoms with Gasteiger partial charge in [-0.2, -0.15) is 13.2 Å². The van der Waals surface area contributed by atoms with E-state index in [-0.39, 0.29) is 23.4 Å². The number of amides is 1. The Morgan fingerprint density at radius 2 is 1.63 bits per heavy atom. The summed E-state index contributed by atoms with van der Waals surface area (Å²) in [5.41, 5.74) is -0.566. The van der Waals surface area contributed by atoms with Crippen LogP contribution in [-0.4, -0.2) is 28.1 Å². The lowest BCUT2D eigenvalue weighted by atomic mass is 10.1. The molecule has 3 aromatic carbocycles. The fourth-order valence-corrected chi connectivity index (χ4v) is 3.73. The van der Waals surface area contributed by atoms with E-state index in [2.05, 4.69) is 5.32 Å². The van der Waals surface area contributed by atoms with Gasteiger partial charge in [-0.3, -0.25) is 14.2 Å². The van der Waals surface area contributed by atoms with Gasteiger partial charge in [-0.1, -0.05) is 36.4 Å². The van der Waals surface area contributed by atoms with Gasteiger partial charge in [-0.05, 0) is 59.8 Å². The molecule has 6 nitrogen and oxygen atoms in total. The number of carbonyl (C=O) groups excluding carboxylic acids is 1. The topological polar surface area (TPSA) is 88.4 Å². The molecular weight excluding hydrogens is 461 g/mol. The second-order valence-corrected chi connectivity index (χ2v) is 7.81. The van der Waals surface area contributed by atoms with E-state index in [1.165, 1.54) is 30.3 Å². The molecule has 1 heterocycles. The predicted octanol–water partition coefficient (Wildman–Crippen LogP) is 4.68. The number of aromatic nitrogens is 1. The van der Waals surface area contributed by atoms with Crippen LogP contribution in [0.1, 0.15) is 31.8 Å². The van der Waals surface area contributed by atoms with Crippen molar-refractivity contribution in [2.24, 2.45) is 0 Å². The Morgan fingerprint density at radius 3 is 2.31 bits per heavy atom. The lowest BCUT2D eigenvalue weighted by Gasteiger charge is -2.15. The Labute approximate surface area is 197 Å². The summed E-state index contributed by atoms with van der Waals surface area (Å²) < 4.78 is 40.9. The van der Waals surface area contributed by atoms with E-state index in [1.807, 2.05) is 0 Å². The summed E-state index contributed by atoms with van der Waals surface area (Å²) >= 11 is 0. The van der Waals surface area contributed by atoms with Crippen molar-refractivity contribution in [2.45, 2.75) is 12.6 Å². The number of benzene rings is 3. The van der Waals surface area contributed by atoms with Crippen molar-refractivity contribution >= 4 is 22.8 Å². The fraction of sp³-hybridized carbons (Fsp3) is 0.115. The largest absolute Gasteiger partial charge is 0.478 e. The first-order valence-electron chi connectivity index (χ1n) is 10.6. The Morgan fingerprint density at radius 1 is 0.914 bits per heavy atom. The summed E-state index contributed by atoms with van der Waals surface area (Å²) in [6.07, 6.45) is -4.20. The molecule has 1 aromatic heterocycles. The molecule has 2 N–H and O–H groups in total. The zero-order valence-corrected chi connectivity index (χ0v) is 18.2. The average molecular weight is 480 g/mol. The van der Waals surface area contributed by atoms with Crippen molar-refractivity contribution in [3.05, 3.63) is 111 Å². The molecule has 0 atom stereocenters. The third-order valence-electron chi connectivity index (χ3n) is 5.49. The van der Waals surface area contributed by atoms with Crippen molar-refractivity contribution in [2.75, 3.05) is 6.54 Å². The molecular formula is C26H19F3N2O4. The SMILES string of the molecule is O=C(O)c1ccc(CCNC(=O)c2cc3ccccc3n(-c3cccc(C(F)(F)F)c3)c2=O)cc1. The average Bonchev–Trinajstić information content (AvgIpc) is 2.83. The standard InChI is InChI=1S/C26H19F3N2O4/c27-26(28,29)19-5-3-6-20(15-19)31-22-7-2-1-4-18(22)14-21(24(31)33)23(32)30-13-12-16-8-10-17(11-9-16)25(34)35/h1-11,14-15H,12-13H2,(H,30,32)(H,34,35). The highest BCUT2D eigenvalue weighted by Crippen LogP contribution is 2.30. The van der Waals surface area contributed by atoms with E-state index >= 15 is 0 Å². The van der Waals surface area contributed by atoms with E-state index in [1.54, 1.807) is 36.4 Å². The summed E-state index contributed by atoms with van der Waals surface area (Å²) in [6, 6.07) is 18.6. The lowest BCUT2D eigenvalue weighted by molar-refractivity contribution is -0.137. The number of rotatable bonds is 6. The molecule has 0 unspecified atom stereocenters. The lowest BCUT2D eigenvalue weighted by Crippen LogP contribution is -2.33. The molecule has 4 aromatic rings. The molecule has 0 fully saturated rings. The third-order valence-corrected chi connectivity index (χ3v) is 5.49. The van der Waals surface area contributed by atoms with Crippen LogP contribution in [0.4, 0.5) is 13.2 Å². The maximum Gasteiger partial charge on any atom is 0.416 e. The Bertz CT molecular complexity index is 1470. The van der Waals surface area contributed by atoms with Crippen LogP contribution < -0.4 is 10.9 Å². The van der Waals surface area contributed by atoms with Gasteiger partial charge in [-0.15, -0.1) is 0 Å². The van der Waals surface area contributed by atoms with E-state index in [0.717, 1.165) is 22.3 Å². The van der Waals surface area contributed by atoms with Crippen molar-refractivity contribution in [1.29, 1.82) is 0 Å². The van der Waals surface area contributed by atoms with Gasteiger partial charge in [0, 0.05) is 12.2 Å². The van der Waals surface area contributed by atoms with Crippen LogP contribution in [0.15, 0.2) is 83.7 Å². The van der Waals surface area contributed by atoms with E-state index in [9.17, 15) is 27.6 Å². The molecule has 0 aliphatic carbocycles. The van der Waals surface area contributed by atoms with E-state index < -0.39 is 29.2 Å². The van der Waals surface area contributed by atoms with Gasteiger partial charge in [0.2, 0.25) is 0 Å². The van der Waals surface area contributed by atoms with Crippen LogP contribution in [0.25, 0.3) is 16.6 Å². The number of hydrogen-bond donors (Lipinski definition) is 2. The van der Waals surface area contributed by atoms with Crippen LogP contribution in [0.2, 0.25) is 0 Å². The Kier molecular flexibility index (Phi) is 6.42. The molecule has 35 heavy (non-hydrogen) atoms. The van der Waals surface area contributed by atoms with Crippen molar-refractivity contribution in [3.8, 4) is 5.69 Å². The van der Waals surface area contributed by atoms with Crippen molar-refractivity contribution < 1.29 is 27.9 Å². The van der Waals surface area contributed by atoms with E-state index in [0.29, 0.717) is 17.3 Å². The maximum atomic E-state index is 13.3. The molecule has 0 aliphatic rings. The number of alkyl halides is 3. The summed E-state index contributed by atoms with van der Waals surface area (Å²) in [6.45, 7) is 0.168. The van der Waals surface area contributed by atoms with E-state index in [4.69, 9.17) is 5.11 Å². The zero-order valence-electron chi connectivity index (χ0n) is 18.2. The molecule has 0 saturated heterocycles. The van der Waals surface area contributed by atoms with Crippen LogP contribution in [0.5, 0.6) is 0 Å². The van der Waals surface area contributed by atoms with Crippen LogP contribution in [0.3, 0.4) is 0 Å². The molecule has 0 bridgehead atoms. The van der Waals surface area contributed by atoms with Crippen molar-refractivity contribution in [1.82, 2.24) is 9.88 Å². The first-order valence-corrected chi connectivity index (χ1v) is 10.6. The number of fused-ring (bicyclic) bond motifs is 1. The van der Waals surface area contributed by atoms with Gasteiger partial charge in [0.15, 0.2) is 0 Å². The number of carboxylic acid groups (broad SMARTS) is 1. The summed E-state index contributed by atoms with van der Waals surface area (Å²) in [7, 11) is 0. The van der Waals surface area contributed by atoms with Gasteiger partial charge >= 0.3 is 12.1 Å². The van der Waals surface area contributed by atoms with Gasteiger partial charge < -0.3 is 10.4 Å². The minimum absolute atomic E-state index is 0.00537. The highest BCUT2D eigenvalue weighted by atomic mass is 19.4. The number of carbonyl (C=O) groups is 2. The van der Waals surface area contributed by atoms with Gasteiger partial charge in [-0.25, -0.2) is 4.79 Å². The second kappa shape index (κ2) is 9.46. The monoisotopic (exact) mass is 480 g/mol. The highest BCUT2D eigenvalue weighted by Gasteiger charge is 2.31. The number of aromatic carboxylic acids is 1. The summed E-state index contributed by atoms with van der Waals surface area (Å²) in [5, 5.41) is 12.1. The minimum atomic E-state index is -4.59. The molecule has 0 radical (unpaired) electrons. The Hall–Kier alpha value is -4.40. The molecule has 0 saturated carbocycles. The van der Waals surface area contributed by atoms with Crippen LogP contribution in [0, 0.1) is 0 Å². The molecule has 4 rings (SSSR count). The van der Waals surface area contributed by atoms with Crippen molar-refractivity contribution in [3.63, 3.8) is 0 Å². The number of halogens is 3. The van der Waals surface area contributed by atoms with Gasteiger partial charge in [0.25, 0.3) is 11.5 Å². The highest BCUT2D eigenvalue weighted by molar-refractivity contribution is 5.97. The minimum Gasteiger partial charge on any atom is -0.478 e. The first kappa shape index (κ1) is 23.7. The molecule has 0 aliphatic heterocycles. The quantitative estimate of drug-likeness (QED) is 0.420.